The summed E-state index contributed by atoms with van der Waals surface area (Å²) in [6, 6.07) is 90.2. The number of hydrogen-bond donors (Lipinski definition) is 0. The second kappa shape index (κ2) is 15.4. The summed E-state index contributed by atoms with van der Waals surface area (Å²) < 4.78 is 0. The summed E-state index contributed by atoms with van der Waals surface area (Å²) in [6.07, 6.45) is 0. The molecule has 286 valence electrons. The molecule has 10 aromatic rings. The quantitative estimate of drug-likeness (QED) is 0.150. The number of pyridine rings is 1. The molecule has 1 heteroatoms. The second-order valence-electron chi connectivity index (χ2n) is 15.9. The minimum Gasteiger partial charge on any atom is -0.248 e. The van der Waals surface area contributed by atoms with Gasteiger partial charge in [-0.2, -0.15) is 0 Å². The molecule has 1 aliphatic rings. The Balaban J connectivity index is 1.01. The number of fused-ring (bicyclic) bond motifs is 3. The third-order valence-electron chi connectivity index (χ3n) is 12.4. The van der Waals surface area contributed by atoms with Crippen molar-refractivity contribution in [2.75, 3.05) is 0 Å². The van der Waals surface area contributed by atoms with Crippen LogP contribution in [-0.4, -0.2) is 4.98 Å². The minimum absolute atomic E-state index is 0.475. The van der Waals surface area contributed by atoms with E-state index >= 15 is 0 Å². The number of nitrogens with zero attached hydrogens (tertiary/aromatic N) is 1. The van der Waals surface area contributed by atoms with Crippen molar-refractivity contribution >= 4 is 0 Å². The van der Waals surface area contributed by atoms with Crippen molar-refractivity contribution in [1.29, 1.82) is 0 Å². The Bertz CT molecular complexity index is 3020. The van der Waals surface area contributed by atoms with Crippen molar-refractivity contribution in [3.63, 3.8) is 0 Å². The zero-order valence-corrected chi connectivity index (χ0v) is 33.6. The molecule has 0 radical (unpaired) electrons. The lowest BCUT2D eigenvalue weighted by Gasteiger charge is -2.34. The van der Waals surface area contributed by atoms with E-state index in [1.54, 1.807) is 0 Å². The molecule has 0 saturated carbocycles. The molecule has 61 heavy (non-hydrogen) atoms. The fourth-order valence-electron chi connectivity index (χ4n) is 9.49. The molecule has 11 rings (SSSR count). The van der Waals surface area contributed by atoms with E-state index in [2.05, 4.69) is 243 Å². The molecule has 1 aliphatic carbocycles. The fourth-order valence-corrected chi connectivity index (χ4v) is 9.49. The molecule has 9 aromatic carbocycles. The summed E-state index contributed by atoms with van der Waals surface area (Å²) in [4.78, 5) is 5.17. The lowest BCUT2D eigenvalue weighted by Crippen LogP contribution is -2.28. The number of aromatic nitrogens is 1. The van der Waals surface area contributed by atoms with Gasteiger partial charge in [-0.05, 0) is 102 Å². The van der Waals surface area contributed by atoms with Gasteiger partial charge in [0.25, 0.3) is 0 Å². The average Bonchev–Trinajstić information content (AvgIpc) is 3.65. The van der Waals surface area contributed by atoms with E-state index in [1.165, 1.54) is 66.8 Å². The van der Waals surface area contributed by atoms with Crippen LogP contribution < -0.4 is 0 Å². The summed E-state index contributed by atoms with van der Waals surface area (Å²) in [7, 11) is 0. The summed E-state index contributed by atoms with van der Waals surface area (Å²) in [6.45, 7) is 0. The summed E-state index contributed by atoms with van der Waals surface area (Å²) in [5.41, 5.74) is 20.8. The van der Waals surface area contributed by atoms with E-state index in [1.807, 2.05) is 6.07 Å². The molecule has 0 unspecified atom stereocenters. The molecular formula is C60H41N. The van der Waals surface area contributed by atoms with Gasteiger partial charge in [0.05, 0.1) is 16.8 Å². The van der Waals surface area contributed by atoms with Crippen molar-refractivity contribution < 1.29 is 0 Å². The van der Waals surface area contributed by atoms with Gasteiger partial charge in [-0.25, -0.2) is 4.98 Å². The van der Waals surface area contributed by atoms with Crippen LogP contribution in [-0.2, 0) is 5.41 Å². The first-order valence-corrected chi connectivity index (χ1v) is 21.0. The van der Waals surface area contributed by atoms with Crippen LogP contribution in [0.1, 0.15) is 22.3 Å². The van der Waals surface area contributed by atoms with Gasteiger partial charge in [-0.1, -0.05) is 224 Å². The molecule has 0 N–H and O–H groups in total. The predicted molar refractivity (Wildman–Crippen MR) is 254 cm³/mol. The van der Waals surface area contributed by atoms with Crippen LogP contribution in [0, 0.1) is 0 Å². The van der Waals surface area contributed by atoms with Crippen LogP contribution in [0.5, 0.6) is 0 Å². The Labute approximate surface area is 358 Å². The smallest absolute Gasteiger partial charge is 0.0715 e. The van der Waals surface area contributed by atoms with Crippen LogP contribution in [0.3, 0.4) is 0 Å². The first-order valence-electron chi connectivity index (χ1n) is 21.0. The van der Waals surface area contributed by atoms with Gasteiger partial charge in [0.1, 0.15) is 0 Å². The Morgan fingerprint density at radius 3 is 1.16 bits per heavy atom. The van der Waals surface area contributed by atoms with Crippen LogP contribution in [0.4, 0.5) is 0 Å². The molecule has 0 amide bonds. The first-order chi connectivity index (χ1) is 30.2. The van der Waals surface area contributed by atoms with Crippen LogP contribution >= 0.6 is 0 Å². The van der Waals surface area contributed by atoms with Crippen LogP contribution in [0.2, 0.25) is 0 Å². The Kier molecular flexibility index (Phi) is 9.13. The SMILES string of the molecule is c1ccc(-c2cc(-c3ccccc3)nc(-c3ccc(-c4ccc(-c5cc6c(cc5-c5ccccc5)-c5ccccc5C6(c5ccccc5)c5ccccc5)cc4)cc3)c2)cc1. The molecule has 1 aromatic heterocycles. The highest BCUT2D eigenvalue weighted by molar-refractivity contribution is 5.95. The lowest BCUT2D eigenvalue weighted by atomic mass is 9.67. The van der Waals surface area contributed by atoms with Gasteiger partial charge in [-0.3, -0.25) is 0 Å². The molecule has 1 heterocycles. The zero-order valence-electron chi connectivity index (χ0n) is 33.6. The minimum atomic E-state index is -0.475. The van der Waals surface area contributed by atoms with Gasteiger partial charge in [-0.15, -0.1) is 0 Å². The molecule has 1 nitrogen and oxygen atoms in total. The Hall–Kier alpha value is -7.87. The van der Waals surface area contributed by atoms with Crippen LogP contribution in [0.25, 0.3) is 78.1 Å². The van der Waals surface area contributed by atoms with Crippen molar-refractivity contribution in [3.8, 4) is 78.1 Å². The van der Waals surface area contributed by atoms with E-state index in [9.17, 15) is 0 Å². The van der Waals surface area contributed by atoms with E-state index in [-0.39, 0.29) is 0 Å². The third-order valence-corrected chi connectivity index (χ3v) is 12.4. The topological polar surface area (TPSA) is 12.9 Å². The number of rotatable bonds is 8. The van der Waals surface area contributed by atoms with Crippen LogP contribution in [0.15, 0.2) is 249 Å². The number of hydrogen-bond acceptors (Lipinski definition) is 1. The first kappa shape index (κ1) is 36.2. The Morgan fingerprint density at radius 1 is 0.230 bits per heavy atom. The van der Waals surface area contributed by atoms with Gasteiger partial charge in [0.15, 0.2) is 0 Å². The molecule has 0 atom stereocenters. The standard InChI is InChI=1S/C60H41N/c1-6-18-42(19-7-1)49-38-58(47-22-10-3-11-23-47)61-59(39-49)48-36-32-44(33-37-48)43-30-34-46(35-31-43)54-41-57-55(40-53(54)45-20-8-2-9-21-45)52-28-16-17-29-56(52)60(57,50-24-12-4-13-25-50)51-26-14-5-15-27-51/h1-41H. The molecule has 0 saturated heterocycles. The maximum atomic E-state index is 5.17. The second-order valence-corrected chi connectivity index (χ2v) is 15.9. The lowest BCUT2D eigenvalue weighted by molar-refractivity contribution is 0.769. The molecule has 0 bridgehead atoms. The Morgan fingerprint density at radius 2 is 0.607 bits per heavy atom. The highest BCUT2D eigenvalue weighted by atomic mass is 14.7. The summed E-state index contributed by atoms with van der Waals surface area (Å²) in [5.74, 6) is 0. The van der Waals surface area contributed by atoms with E-state index in [0.717, 1.165) is 33.6 Å². The van der Waals surface area contributed by atoms with Crippen molar-refractivity contribution in [1.82, 2.24) is 4.98 Å². The van der Waals surface area contributed by atoms with E-state index in [4.69, 9.17) is 4.98 Å². The fraction of sp³-hybridized carbons (Fsp3) is 0.0167. The van der Waals surface area contributed by atoms with Gasteiger partial charge >= 0.3 is 0 Å². The van der Waals surface area contributed by atoms with E-state index in [0.29, 0.717) is 0 Å². The normalized spacial score (nSPS) is 12.4. The maximum absolute atomic E-state index is 5.17. The zero-order chi connectivity index (χ0) is 40.6. The average molecular weight is 776 g/mol. The van der Waals surface area contributed by atoms with Crippen molar-refractivity contribution in [2.45, 2.75) is 5.41 Å². The largest absolute Gasteiger partial charge is 0.248 e. The molecular weight excluding hydrogens is 735 g/mol. The van der Waals surface area contributed by atoms with Crippen molar-refractivity contribution in [3.05, 3.63) is 271 Å². The number of benzene rings is 9. The van der Waals surface area contributed by atoms with Gasteiger partial charge < -0.3 is 0 Å². The molecule has 0 fully saturated rings. The molecule has 0 aliphatic heterocycles. The summed E-state index contributed by atoms with van der Waals surface area (Å²) >= 11 is 0. The van der Waals surface area contributed by atoms with Gasteiger partial charge in [0.2, 0.25) is 0 Å². The third kappa shape index (κ3) is 6.39. The van der Waals surface area contributed by atoms with Gasteiger partial charge in [0, 0.05) is 11.1 Å². The monoisotopic (exact) mass is 775 g/mol. The highest BCUT2D eigenvalue weighted by Gasteiger charge is 2.46. The highest BCUT2D eigenvalue weighted by Crippen LogP contribution is 2.58. The van der Waals surface area contributed by atoms with E-state index < -0.39 is 5.41 Å². The predicted octanol–water partition coefficient (Wildman–Crippen LogP) is 15.4. The summed E-state index contributed by atoms with van der Waals surface area (Å²) in [5, 5.41) is 0. The molecule has 0 spiro atoms. The van der Waals surface area contributed by atoms with Crippen molar-refractivity contribution in [2.24, 2.45) is 0 Å². The maximum Gasteiger partial charge on any atom is 0.0715 e.